The number of sulfonamides is 1. The molecule has 33 heavy (non-hydrogen) atoms. The fourth-order valence-electron chi connectivity index (χ4n) is 4.83. The summed E-state index contributed by atoms with van der Waals surface area (Å²) in [5.74, 6) is -0.0594. The highest BCUT2D eigenvalue weighted by Crippen LogP contribution is 2.24. The Kier molecular flexibility index (Phi) is 7.83. The van der Waals surface area contributed by atoms with E-state index < -0.39 is 10.0 Å². The van der Waals surface area contributed by atoms with Gasteiger partial charge in [0, 0.05) is 31.9 Å². The molecule has 1 N–H and O–H groups in total. The molecule has 2 aromatic carbocycles. The zero-order valence-corrected chi connectivity index (χ0v) is 20.3. The number of anilines is 1. The number of hydrogen-bond donors (Lipinski definition) is 1. The maximum atomic E-state index is 13.0. The highest BCUT2D eigenvalue weighted by molar-refractivity contribution is 7.89. The van der Waals surface area contributed by atoms with Crippen LogP contribution >= 0.6 is 0 Å². The van der Waals surface area contributed by atoms with Crippen LogP contribution in [0, 0.1) is 12.8 Å². The van der Waals surface area contributed by atoms with Gasteiger partial charge in [0.25, 0.3) is 0 Å². The van der Waals surface area contributed by atoms with Gasteiger partial charge in [-0.05, 0) is 74.5 Å². The Morgan fingerprint density at radius 3 is 2.33 bits per heavy atom. The van der Waals surface area contributed by atoms with Crippen LogP contribution in [0.1, 0.15) is 49.7 Å². The van der Waals surface area contributed by atoms with Crippen molar-refractivity contribution in [2.45, 2.75) is 56.9 Å². The van der Waals surface area contributed by atoms with E-state index in [0.717, 1.165) is 58.2 Å². The van der Waals surface area contributed by atoms with Crippen LogP contribution in [0.5, 0.6) is 0 Å². The molecular weight excluding hydrogens is 434 g/mol. The van der Waals surface area contributed by atoms with Crippen LogP contribution in [-0.4, -0.2) is 49.7 Å². The second-order valence-electron chi connectivity index (χ2n) is 9.33. The third-order valence-corrected chi connectivity index (χ3v) is 8.77. The fourth-order valence-corrected chi connectivity index (χ4v) is 6.34. The van der Waals surface area contributed by atoms with Crippen LogP contribution in [0.25, 0.3) is 0 Å². The van der Waals surface area contributed by atoms with E-state index in [-0.39, 0.29) is 11.8 Å². The Hall–Kier alpha value is -2.22. The van der Waals surface area contributed by atoms with Crippen LogP contribution in [0.4, 0.5) is 5.69 Å². The minimum atomic E-state index is -3.48. The molecule has 0 aromatic heterocycles. The van der Waals surface area contributed by atoms with Crippen LogP contribution in [0.3, 0.4) is 0 Å². The topological polar surface area (TPSA) is 69.7 Å². The first-order chi connectivity index (χ1) is 15.9. The molecule has 0 aliphatic carbocycles. The largest absolute Gasteiger partial charge is 0.326 e. The summed E-state index contributed by atoms with van der Waals surface area (Å²) >= 11 is 0. The lowest BCUT2D eigenvalue weighted by Crippen LogP contribution is -2.40. The van der Waals surface area contributed by atoms with E-state index in [1.54, 1.807) is 28.6 Å². The number of nitrogens with one attached hydrogen (secondary N) is 1. The third kappa shape index (κ3) is 6.02. The minimum absolute atomic E-state index is 0.00705. The molecule has 2 aromatic rings. The van der Waals surface area contributed by atoms with Crippen molar-refractivity contribution in [2.75, 3.05) is 31.5 Å². The lowest BCUT2D eigenvalue weighted by Gasteiger charge is -2.32. The molecule has 0 bridgehead atoms. The Labute approximate surface area is 198 Å². The molecule has 2 saturated heterocycles. The first kappa shape index (κ1) is 23.9. The predicted octanol–water partition coefficient (Wildman–Crippen LogP) is 4.41. The predicted molar refractivity (Wildman–Crippen MR) is 131 cm³/mol. The van der Waals surface area contributed by atoms with E-state index in [9.17, 15) is 13.2 Å². The maximum Gasteiger partial charge on any atom is 0.243 e. The van der Waals surface area contributed by atoms with Gasteiger partial charge >= 0.3 is 0 Å². The second-order valence-corrected chi connectivity index (χ2v) is 11.3. The molecule has 2 heterocycles. The van der Waals surface area contributed by atoms with Crippen molar-refractivity contribution >= 4 is 21.6 Å². The molecule has 1 amide bonds. The number of amides is 1. The number of aryl methyl sites for hydroxylation is 1. The van der Waals surface area contributed by atoms with Gasteiger partial charge in [-0.1, -0.05) is 37.1 Å². The summed E-state index contributed by atoms with van der Waals surface area (Å²) < 4.78 is 27.5. The highest BCUT2D eigenvalue weighted by Gasteiger charge is 2.27. The molecular formula is C26H35N3O3S. The van der Waals surface area contributed by atoms with Gasteiger partial charge in [-0.15, -0.1) is 0 Å². The highest BCUT2D eigenvalue weighted by atomic mass is 32.2. The van der Waals surface area contributed by atoms with Gasteiger partial charge in [0.1, 0.15) is 0 Å². The lowest BCUT2D eigenvalue weighted by atomic mass is 9.96. The van der Waals surface area contributed by atoms with Crippen LogP contribution in [0.15, 0.2) is 53.4 Å². The standard InChI is InChI=1S/C26H35N3O3S/c1-21-9-4-5-10-22(21)19-28-16-8-11-23(20-28)26(30)27-24-12-14-25(15-13-24)33(31,32)29-17-6-2-3-7-18-29/h4-5,9-10,12-15,23H,2-3,6-8,11,16-20H2,1H3,(H,27,30). The Balaban J connectivity index is 1.35. The van der Waals surface area contributed by atoms with E-state index in [2.05, 4.69) is 41.4 Å². The van der Waals surface area contributed by atoms with Crippen molar-refractivity contribution in [3.8, 4) is 0 Å². The summed E-state index contributed by atoms with van der Waals surface area (Å²) in [6.07, 6.45) is 5.86. The molecule has 4 rings (SSSR count). The molecule has 0 spiro atoms. The zero-order valence-electron chi connectivity index (χ0n) is 19.5. The van der Waals surface area contributed by atoms with E-state index >= 15 is 0 Å². The van der Waals surface area contributed by atoms with Crippen molar-refractivity contribution in [3.63, 3.8) is 0 Å². The van der Waals surface area contributed by atoms with Gasteiger partial charge in [-0.3, -0.25) is 9.69 Å². The fraction of sp³-hybridized carbons (Fsp3) is 0.500. The Bertz CT molecular complexity index is 1040. The average Bonchev–Trinajstić information content (AvgIpc) is 3.11. The van der Waals surface area contributed by atoms with Gasteiger partial charge in [0.2, 0.25) is 15.9 Å². The van der Waals surface area contributed by atoms with Gasteiger partial charge in [0.05, 0.1) is 10.8 Å². The number of likely N-dealkylation sites (tertiary alicyclic amines) is 1. The van der Waals surface area contributed by atoms with Gasteiger partial charge in [0.15, 0.2) is 0 Å². The molecule has 1 atom stereocenters. The van der Waals surface area contributed by atoms with Crippen molar-refractivity contribution in [1.29, 1.82) is 0 Å². The summed E-state index contributed by atoms with van der Waals surface area (Å²) in [5, 5.41) is 3.00. The summed E-state index contributed by atoms with van der Waals surface area (Å²) in [4.78, 5) is 15.6. The van der Waals surface area contributed by atoms with Crippen LogP contribution in [0.2, 0.25) is 0 Å². The minimum Gasteiger partial charge on any atom is -0.326 e. The average molecular weight is 470 g/mol. The molecule has 1 unspecified atom stereocenters. The monoisotopic (exact) mass is 469 g/mol. The number of benzene rings is 2. The molecule has 2 fully saturated rings. The molecule has 2 aliphatic rings. The summed E-state index contributed by atoms with van der Waals surface area (Å²) in [7, 11) is -3.48. The summed E-state index contributed by atoms with van der Waals surface area (Å²) in [5.41, 5.74) is 3.23. The zero-order chi connectivity index (χ0) is 23.3. The number of rotatable bonds is 6. The first-order valence-electron chi connectivity index (χ1n) is 12.1. The first-order valence-corrected chi connectivity index (χ1v) is 13.6. The number of hydrogen-bond acceptors (Lipinski definition) is 4. The van der Waals surface area contributed by atoms with E-state index in [1.165, 1.54) is 11.1 Å². The van der Waals surface area contributed by atoms with Crippen molar-refractivity contribution in [3.05, 3.63) is 59.7 Å². The normalized spacial score (nSPS) is 20.8. The molecule has 6 nitrogen and oxygen atoms in total. The Morgan fingerprint density at radius 2 is 1.64 bits per heavy atom. The number of carbonyl (C=O) groups excluding carboxylic acids is 1. The lowest BCUT2D eigenvalue weighted by molar-refractivity contribution is -0.121. The molecule has 0 radical (unpaired) electrons. The third-order valence-electron chi connectivity index (χ3n) is 6.86. The summed E-state index contributed by atoms with van der Waals surface area (Å²) in [6.45, 7) is 5.89. The van der Waals surface area contributed by atoms with E-state index in [4.69, 9.17) is 0 Å². The SMILES string of the molecule is Cc1ccccc1CN1CCCC(C(=O)Nc2ccc(S(=O)(=O)N3CCCCCC3)cc2)C1. The maximum absolute atomic E-state index is 13.0. The molecule has 7 heteroatoms. The number of nitrogens with zero attached hydrogens (tertiary/aromatic N) is 2. The van der Waals surface area contributed by atoms with E-state index in [1.807, 2.05) is 0 Å². The molecule has 0 saturated carbocycles. The van der Waals surface area contributed by atoms with Gasteiger partial charge in [-0.2, -0.15) is 4.31 Å². The smallest absolute Gasteiger partial charge is 0.243 e. The Morgan fingerprint density at radius 1 is 0.939 bits per heavy atom. The van der Waals surface area contributed by atoms with Crippen molar-refractivity contribution in [2.24, 2.45) is 5.92 Å². The van der Waals surface area contributed by atoms with Crippen molar-refractivity contribution in [1.82, 2.24) is 9.21 Å². The second kappa shape index (κ2) is 10.8. The molecule has 178 valence electrons. The quantitative estimate of drug-likeness (QED) is 0.680. The van der Waals surface area contributed by atoms with Gasteiger partial charge in [-0.25, -0.2) is 8.42 Å². The van der Waals surface area contributed by atoms with E-state index in [0.29, 0.717) is 23.7 Å². The number of carbonyl (C=O) groups is 1. The van der Waals surface area contributed by atoms with Crippen LogP contribution in [-0.2, 0) is 21.4 Å². The van der Waals surface area contributed by atoms with Crippen LogP contribution < -0.4 is 5.32 Å². The summed E-state index contributed by atoms with van der Waals surface area (Å²) in [6, 6.07) is 15.0. The number of piperidine rings is 1. The van der Waals surface area contributed by atoms with Crippen molar-refractivity contribution < 1.29 is 13.2 Å². The molecule has 2 aliphatic heterocycles. The van der Waals surface area contributed by atoms with Gasteiger partial charge < -0.3 is 5.32 Å².